The Balaban J connectivity index is 1.49. The van der Waals surface area contributed by atoms with E-state index >= 15 is 0 Å². The van der Waals surface area contributed by atoms with E-state index in [4.69, 9.17) is 17.0 Å². The maximum Gasteiger partial charge on any atom is 0.236 e. The number of amides is 1. The molecule has 1 N–H and O–H groups in total. The van der Waals surface area contributed by atoms with Crippen LogP contribution in [0.15, 0.2) is 29.6 Å². The molecule has 1 saturated heterocycles. The van der Waals surface area contributed by atoms with E-state index in [2.05, 4.69) is 15.2 Å². The number of carbonyl (C=O) groups excluding carboxylic acids is 1. The first-order valence-electron chi connectivity index (χ1n) is 9.06. The number of thiazole rings is 1. The van der Waals surface area contributed by atoms with Gasteiger partial charge >= 0.3 is 0 Å². The van der Waals surface area contributed by atoms with Gasteiger partial charge in [-0.3, -0.25) is 4.79 Å². The van der Waals surface area contributed by atoms with E-state index < -0.39 is 0 Å². The van der Waals surface area contributed by atoms with Crippen molar-refractivity contribution in [1.29, 1.82) is 0 Å². The summed E-state index contributed by atoms with van der Waals surface area (Å²) in [5.74, 6) is 1.08. The zero-order chi connectivity index (χ0) is 19.1. The molecule has 1 aromatic carbocycles. The SMILES string of the molecule is CCOc1ccc(-c2csc(NC(=O)CSC(=S)N3CCCCC3)n2)cc1. The van der Waals surface area contributed by atoms with Gasteiger partial charge in [-0.05, 0) is 50.5 Å². The quantitative estimate of drug-likeness (QED) is 0.685. The fourth-order valence-corrected chi connectivity index (χ4v) is 4.59. The van der Waals surface area contributed by atoms with Crippen molar-refractivity contribution < 1.29 is 9.53 Å². The van der Waals surface area contributed by atoms with Crippen LogP contribution in [-0.4, -0.2) is 45.6 Å². The Labute approximate surface area is 173 Å². The number of rotatable bonds is 6. The van der Waals surface area contributed by atoms with E-state index in [0.717, 1.165) is 34.4 Å². The van der Waals surface area contributed by atoms with Crippen molar-refractivity contribution in [3.8, 4) is 17.0 Å². The monoisotopic (exact) mass is 421 g/mol. The second-order valence-electron chi connectivity index (χ2n) is 6.15. The summed E-state index contributed by atoms with van der Waals surface area (Å²) in [7, 11) is 0. The highest BCUT2D eigenvalue weighted by atomic mass is 32.2. The van der Waals surface area contributed by atoms with Crippen molar-refractivity contribution in [2.75, 3.05) is 30.8 Å². The third kappa shape index (κ3) is 5.92. The molecule has 1 amide bonds. The summed E-state index contributed by atoms with van der Waals surface area (Å²) in [6.07, 6.45) is 3.63. The van der Waals surface area contributed by atoms with Gasteiger partial charge in [0.15, 0.2) is 5.13 Å². The molecule has 0 radical (unpaired) electrons. The highest BCUT2D eigenvalue weighted by Gasteiger charge is 2.15. The highest BCUT2D eigenvalue weighted by molar-refractivity contribution is 8.23. The van der Waals surface area contributed by atoms with Crippen molar-refractivity contribution in [3.63, 3.8) is 0 Å². The predicted octanol–water partition coefficient (Wildman–Crippen LogP) is 4.65. The summed E-state index contributed by atoms with van der Waals surface area (Å²) in [5.41, 5.74) is 1.84. The molecule has 0 aliphatic carbocycles. The summed E-state index contributed by atoms with van der Waals surface area (Å²) < 4.78 is 6.27. The predicted molar refractivity (Wildman–Crippen MR) is 118 cm³/mol. The fourth-order valence-electron chi connectivity index (χ4n) is 2.80. The minimum absolute atomic E-state index is 0.0769. The lowest BCUT2D eigenvalue weighted by Crippen LogP contribution is -2.33. The Hall–Kier alpha value is -1.64. The Morgan fingerprint density at radius 3 is 2.74 bits per heavy atom. The van der Waals surface area contributed by atoms with Crippen molar-refractivity contribution in [2.24, 2.45) is 0 Å². The molecule has 27 heavy (non-hydrogen) atoms. The molecule has 144 valence electrons. The Morgan fingerprint density at radius 2 is 2.04 bits per heavy atom. The fraction of sp³-hybridized carbons (Fsp3) is 0.421. The molecule has 0 atom stereocenters. The number of carbonyl (C=O) groups is 1. The van der Waals surface area contributed by atoms with Crippen LogP contribution in [0.4, 0.5) is 5.13 Å². The summed E-state index contributed by atoms with van der Waals surface area (Å²) in [6.45, 7) is 4.61. The molecule has 0 spiro atoms. The number of thioether (sulfide) groups is 1. The normalized spacial score (nSPS) is 14.0. The Kier molecular flexibility index (Phi) is 7.49. The first-order valence-corrected chi connectivity index (χ1v) is 11.3. The Morgan fingerprint density at radius 1 is 1.30 bits per heavy atom. The van der Waals surface area contributed by atoms with Gasteiger partial charge in [0, 0.05) is 24.0 Å². The lowest BCUT2D eigenvalue weighted by atomic mass is 10.1. The van der Waals surface area contributed by atoms with E-state index in [9.17, 15) is 4.79 Å². The van der Waals surface area contributed by atoms with Crippen LogP contribution in [0.1, 0.15) is 26.2 Å². The third-order valence-electron chi connectivity index (χ3n) is 4.15. The van der Waals surface area contributed by atoms with E-state index in [0.29, 0.717) is 17.5 Å². The summed E-state index contributed by atoms with van der Waals surface area (Å²) >= 11 is 8.29. The average molecular weight is 422 g/mol. The van der Waals surface area contributed by atoms with Crippen LogP contribution in [-0.2, 0) is 4.79 Å². The number of nitrogens with zero attached hydrogens (tertiary/aromatic N) is 2. The number of anilines is 1. The largest absolute Gasteiger partial charge is 0.494 e. The average Bonchev–Trinajstić information content (AvgIpc) is 3.16. The van der Waals surface area contributed by atoms with Gasteiger partial charge in [-0.2, -0.15) is 0 Å². The third-order valence-corrected chi connectivity index (χ3v) is 6.43. The summed E-state index contributed by atoms with van der Waals surface area (Å²) in [5, 5.41) is 5.41. The number of hydrogen-bond acceptors (Lipinski definition) is 6. The van der Waals surface area contributed by atoms with Crippen molar-refractivity contribution in [2.45, 2.75) is 26.2 Å². The van der Waals surface area contributed by atoms with Crippen molar-refractivity contribution >= 4 is 50.7 Å². The first kappa shape index (κ1) is 20.1. The molecular weight excluding hydrogens is 398 g/mol. The standard InChI is InChI=1S/C19H23N3O2S3/c1-2-24-15-8-6-14(7-9-15)16-12-26-18(20-16)21-17(23)13-27-19(25)22-10-4-3-5-11-22/h6-9,12H,2-5,10-11,13H2,1H3,(H,20,21,23). The van der Waals surface area contributed by atoms with E-state index in [-0.39, 0.29) is 5.91 Å². The second kappa shape index (κ2) is 10.1. The van der Waals surface area contributed by atoms with Gasteiger partial charge in [-0.1, -0.05) is 24.0 Å². The van der Waals surface area contributed by atoms with Crippen molar-refractivity contribution in [3.05, 3.63) is 29.6 Å². The molecule has 3 rings (SSSR count). The number of aromatic nitrogens is 1. The minimum atomic E-state index is -0.0769. The maximum absolute atomic E-state index is 12.2. The zero-order valence-corrected chi connectivity index (χ0v) is 17.7. The van der Waals surface area contributed by atoms with Crippen LogP contribution in [0.3, 0.4) is 0 Å². The lowest BCUT2D eigenvalue weighted by molar-refractivity contribution is -0.113. The van der Waals surface area contributed by atoms with Gasteiger partial charge in [0.2, 0.25) is 5.91 Å². The molecule has 5 nitrogen and oxygen atoms in total. The number of benzene rings is 1. The van der Waals surface area contributed by atoms with Gasteiger partial charge in [0.1, 0.15) is 10.1 Å². The number of likely N-dealkylation sites (tertiary alicyclic amines) is 1. The molecule has 8 heteroatoms. The van der Waals surface area contributed by atoms with Gasteiger partial charge < -0.3 is 15.0 Å². The molecule has 0 saturated carbocycles. The number of ether oxygens (including phenoxy) is 1. The molecule has 2 aromatic rings. The van der Waals surface area contributed by atoms with Gasteiger partial charge in [-0.15, -0.1) is 11.3 Å². The molecule has 1 aromatic heterocycles. The molecule has 2 heterocycles. The van der Waals surface area contributed by atoms with Crippen LogP contribution in [0.5, 0.6) is 5.75 Å². The van der Waals surface area contributed by atoms with E-state index in [1.54, 1.807) is 0 Å². The van der Waals surface area contributed by atoms with Gasteiger partial charge in [0.25, 0.3) is 0 Å². The maximum atomic E-state index is 12.2. The van der Waals surface area contributed by atoms with Crippen LogP contribution >= 0.6 is 35.3 Å². The molecule has 1 aliphatic rings. The molecular formula is C19H23N3O2S3. The van der Waals surface area contributed by atoms with Crippen LogP contribution in [0.2, 0.25) is 0 Å². The number of thiocarbonyl (C=S) groups is 1. The van der Waals surface area contributed by atoms with Crippen molar-refractivity contribution in [1.82, 2.24) is 9.88 Å². The number of nitrogens with one attached hydrogen (secondary N) is 1. The molecule has 1 fully saturated rings. The zero-order valence-electron chi connectivity index (χ0n) is 15.3. The highest BCUT2D eigenvalue weighted by Crippen LogP contribution is 2.26. The smallest absolute Gasteiger partial charge is 0.236 e. The first-order chi connectivity index (χ1) is 13.2. The topological polar surface area (TPSA) is 54.5 Å². The number of hydrogen-bond donors (Lipinski definition) is 1. The van der Waals surface area contributed by atoms with Crippen LogP contribution in [0.25, 0.3) is 11.3 Å². The molecule has 1 aliphatic heterocycles. The minimum Gasteiger partial charge on any atom is -0.494 e. The number of piperidine rings is 1. The van der Waals surface area contributed by atoms with Crippen LogP contribution < -0.4 is 10.1 Å². The lowest BCUT2D eigenvalue weighted by Gasteiger charge is -2.28. The van der Waals surface area contributed by atoms with Crippen LogP contribution in [0, 0.1) is 0 Å². The molecule has 0 unspecified atom stereocenters. The van der Waals surface area contributed by atoms with Gasteiger partial charge in [-0.25, -0.2) is 4.98 Å². The van der Waals surface area contributed by atoms with Gasteiger partial charge in [0.05, 0.1) is 18.1 Å². The second-order valence-corrected chi connectivity index (χ2v) is 8.61. The summed E-state index contributed by atoms with van der Waals surface area (Å²) in [4.78, 5) is 18.9. The summed E-state index contributed by atoms with van der Waals surface area (Å²) in [6, 6.07) is 7.79. The molecule has 0 bridgehead atoms. The van der Waals surface area contributed by atoms with E-state index in [1.807, 2.05) is 36.6 Å². The Bertz CT molecular complexity index is 771. The van der Waals surface area contributed by atoms with E-state index in [1.165, 1.54) is 42.4 Å².